The van der Waals surface area contributed by atoms with Gasteiger partial charge in [0.15, 0.2) is 6.61 Å². The first-order chi connectivity index (χ1) is 6.24. The van der Waals surface area contributed by atoms with Crippen molar-refractivity contribution in [1.29, 1.82) is 0 Å². The molecule has 0 radical (unpaired) electrons. The van der Waals surface area contributed by atoms with Crippen molar-refractivity contribution in [2.75, 3.05) is 6.61 Å². The lowest BCUT2D eigenvalue weighted by molar-refractivity contribution is -0.113. The average Bonchev–Trinajstić information content (AvgIpc) is 2.15. The Hall–Kier alpha value is -1.28. The van der Waals surface area contributed by atoms with Crippen molar-refractivity contribution in [3.05, 3.63) is 36.4 Å². The summed E-state index contributed by atoms with van der Waals surface area (Å²) in [5, 5.41) is -0.515. The van der Waals surface area contributed by atoms with Gasteiger partial charge in [-0.15, -0.1) is 0 Å². The zero-order valence-corrected chi connectivity index (χ0v) is 7.75. The first-order valence-electron chi connectivity index (χ1n) is 3.76. The summed E-state index contributed by atoms with van der Waals surface area (Å²) in [6, 6.07) is 7.30. The highest BCUT2D eigenvalue weighted by Crippen LogP contribution is 2.18. The first kappa shape index (κ1) is 9.81. The van der Waals surface area contributed by atoms with E-state index in [9.17, 15) is 4.79 Å². The van der Waals surface area contributed by atoms with Crippen LogP contribution >= 0.6 is 11.6 Å². The fourth-order valence-corrected chi connectivity index (χ4v) is 0.970. The molecule has 0 amide bonds. The lowest BCUT2D eigenvalue weighted by Gasteiger charge is -2.05. The highest BCUT2D eigenvalue weighted by Gasteiger charge is 2.01. The molecule has 0 heterocycles. The van der Waals surface area contributed by atoms with E-state index in [1.165, 1.54) is 0 Å². The maximum absolute atomic E-state index is 10.4. The van der Waals surface area contributed by atoms with Crippen LogP contribution in [0.1, 0.15) is 5.56 Å². The number of rotatable bonds is 4. The molecule has 2 nitrogen and oxygen atoms in total. The number of para-hydroxylation sites is 1. The maximum Gasteiger partial charge on any atom is 0.259 e. The van der Waals surface area contributed by atoms with Crippen LogP contribution in [0.2, 0.25) is 0 Å². The molecule has 0 unspecified atom stereocenters. The predicted molar refractivity (Wildman–Crippen MR) is 52.9 cm³/mol. The lowest BCUT2D eigenvalue weighted by atomic mass is 10.2. The normalized spacial score (nSPS) is 9.31. The van der Waals surface area contributed by atoms with Crippen molar-refractivity contribution in [2.45, 2.75) is 0 Å². The van der Waals surface area contributed by atoms with Crippen LogP contribution in [0.25, 0.3) is 6.08 Å². The molecule has 13 heavy (non-hydrogen) atoms. The van der Waals surface area contributed by atoms with Crippen molar-refractivity contribution in [3.8, 4) is 5.75 Å². The summed E-state index contributed by atoms with van der Waals surface area (Å²) >= 11 is 5.13. The Morgan fingerprint density at radius 2 is 2.23 bits per heavy atom. The number of hydrogen-bond acceptors (Lipinski definition) is 2. The van der Waals surface area contributed by atoms with Crippen molar-refractivity contribution in [2.24, 2.45) is 0 Å². The van der Waals surface area contributed by atoms with Crippen molar-refractivity contribution in [1.82, 2.24) is 0 Å². The van der Waals surface area contributed by atoms with Crippen LogP contribution in [-0.2, 0) is 4.79 Å². The Morgan fingerprint density at radius 3 is 2.85 bits per heavy atom. The number of halogens is 1. The molecule has 0 fully saturated rings. The molecule has 0 atom stereocenters. The van der Waals surface area contributed by atoms with Crippen LogP contribution < -0.4 is 4.74 Å². The van der Waals surface area contributed by atoms with Crippen LogP contribution in [0.15, 0.2) is 30.8 Å². The zero-order valence-electron chi connectivity index (χ0n) is 7.00. The second-order valence-electron chi connectivity index (χ2n) is 2.39. The topological polar surface area (TPSA) is 26.3 Å². The standard InChI is InChI=1S/C10H9ClO2/c1-2-8-5-3-4-6-9(8)13-7-10(11)12/h2-6H,1,7H2. The van der Waals surface area contributed by atoms with E-state index in [2.05, 4.69) is 6.58 Å². The molecule has 0 bridgehead atoms. The Morgan fingerprint density at radius 1 is 1.54 bits per heavy atom. The third-order valence-electron chi connectivity index (χ3n) is 1.48. The molecular formula is C10H9ClO2. The molecular weight excluding hydrogens is 188 g/mol. The number of ether oxygens (including phenoxy) is 1. The molecule has 1 aromatic rings. The molecule has 0 spiro atoms. The molecule has 0 saturated carbocycles. The highest BCUT2D eigenvalue weighted by molar-refractivity contribution is 6.63. The van der Waals surface area contributed by atoms with E-state index in [4.69, 9.17) is 16.3 Å². The quantitative estimate of drug-likeness (QED) is 0.692. The van der Waals surface area contributed by atoms with E-state index in [1.54, 1.807) is 12.1 Å². The maximum atomic E-state index is 10.4. The minimum absolute atomic E-state index is 0.119. The molecule has 1 aromatic carbocycles. The van der Waals surface area contributed by atoms with E-state index in [-0.39, 0.29) is 6.61 Å². The third kappa shape index (κ3) is 2.92. The number of hydrogen-bond donors (Lipinski definition) is 0. The lowest BCUT2D eigenvalue weighted by Crippen LogP contribution is -2.04. The average molecular weight is 197 g/mol. The fourth-order valence-electron chi connectivity index (χ4n) is 0.915. The summed E-state index contributed by atoms with van der Waals surface area (Å²) in [6.45, 7) is 3.50. The molecule has 0 saturated heterocycles. The smallest absolute Gasteiger partial charge is 0.259 e. The van der Waals surface area contributed by atoms with Gasteiger partial charge < -0.3 is 4.74 Å². The second-order valence-corrected chi connectivity index (χ2v) is 2.81. The SMILES string of the molecule is C=Cc1ccccc1OCC(=O)Cl. The van der Waals surface area contributed by atoms with Gasteiger partial charge in [0.2, 0.25) is 0 Å². The summed E-state index contributed by atoms with van der Waals surface area (Å²) < 4.78 is 5.14. The molecule has 0 aliphatic rings. The summed E-state index contributed by atoms with van der Waals surface area (Å²) in [4.78, 5) is 10.4. The molecule has 1 rings (SSSR count). The summed E-state index contributed by atoms with van der Waals surface area (Å²) in [5.41, 5.74) is 0.848. The van der Waals surface area contributed by atoms with Gasteiger partial charge in [-0.1, -0.05) is 30.9 Å². The minimum atomic E-state index is -0.515. The Labute approximate surface area is 81.8 Å². The van der Waals surface area contributed by atoms with Gasteiger partial charge in [-0.25, -0.2) is 0 Å². The third-order valence-corrected chi connectivity index (χ3v) is 1.59. The Bertz CT molecular complexity index is 320. The van der Waals surface area contributed by atoms with E-state index in [1.807, 2.05) is 18.2 Å². The summed E-state index contributed by atoms with van der Waals surface area (Å²) in [6.07, 6.45) is 1.66. The van der Waals surface area contributed by atoms with Gasteiger partial charge in [0.1, 0.15) is 5.75 Å². The van der Waals surface area contributed by atoms with Gasteiger partial charge in [-0.2, -0.15) is 0 Å². The van der Waals surface area contributed by atoms with Crippen LogP contribution in [0.3, 0.4) is 0 Å². The highest BCUT2D eigenvalue weighted by atomic mass is 35.5. The van der Waals surface area contributed by atoms with E-state index >= 15 is 0 Å². The summed E-state index contributed by atoms with van der Waals surface area (Å²) in [5.74, 6) is 0.617. The van der Waals surface area contributed by atoms with E-state index in [0.29, 0.717) is 5.75 Å². The number of benzene rings is 1. The van der Waals surface area contributed by atoms with Crippen molar-refractivity contribution < 1.29 is 9.53 Å². The summed E-state index contributed by atoms with van der Waals surface area (Å²) in [7, 11) is 0. The van der Waals surface area contributed by atoms with Gasteiger partial charge >= 0.3 is 0 Å². The van der Waals surface area contributed by atoms with Gasteiger partial charge in [-0.3, -0.25) is 4.79 Å². The Balaban J connectivity index is 2.75. The van der Waals surface area contributed by atoms with Gasteiger partial charge in [0, 0.05) is 5.56 Å². The van der Waals surface area contributed by atoms with E-state index in [0.717, 1.165) is 5.56 Å². The first-order valence-corrected chi connectivity index (χ1v) is 4.14. The molecule has 68 valence electrons. The van der Waals surface area contributed by atoms with Crippen LogP contribution in [0.4, 0.5) is 0 Å². The number of carbonyl (C=O) groups excluding carboxylic acids is 1. The van der Waals surface area contributed by atoms with Gasteiger partial charge in [-0.05, 0) is 17.7 Å². The molecule has 0 aliphatic heterocycles. The van der Waals surface area contributed by atoms with Gasteiger partial charge in [0.05, 0.1) is 0 Å². The zero-order chi connectivity index (χ0) is 9.68. The van der Waals surface area contributed by atoms with Crippen LogP contribution in [-0.4, -0.2) is 11.8 Å². The van der Waals surface area contributed by atoms with Crippen LogP contribution in [0.5, 0.6) is 5.75 Å². The number of carbonyl (C=O) groups is 1. The fraction of sp³-hybridized carbons (Fsp3) is 0.100. The Kier molecular flexibility index (Phi) is 3.53. The van der Waals surface area contributed by atoms with Crippen molar-refractivity contribution >= 4 is 22.9 Å². The molecule has 3 heteroatoms. The predicted octanol–water partition coefficient (Wildman–Crippen LogP) is 2.47. The van der Waals surface area contributed by atoms with Crippen LogP contribution in [0, 0.1) is 0 Å². The van der Waals surface area contributed by atoms with Gasteiger partial charge in [0.25, 0.3) is 5.24 Å². The monoisotopic (exact) mass is 196 g/mol. The van der Waals surface area contributed by atoms with Crippen molar-refractivity contribution in [3.63, 3.8) is 0 Å². The molecule has 0 aliphatic carbocycles. The molecule has 0 aromatic heterocycles. The molecule has 0 N–H and O–H groups in total. The van der Waals surface area contributed by atoms with E-state index < -0.39 is 5.24 Å². The second kappa shape index (κ2) is 4.67. The largest absolute Gasteiger partial charge is 0.484 e. The minimum Gasteiger partial charge on any atom is -0.484 e.